The van der Waals surface area contributed by atoms with E-state index in [-0.39, 0.29) is 36.0 Å². The summed E-state index contributed by atoms with van der Waals surface area (Å²) >= 11 is 0. The van der Waals surface area contributed by atoms with Gasteiger partial charge in [-0.2, -0.15) is 0 Å². The largest absolute Gasteiger partial charge is 0.371 e. The van der Waals surface area contributed by atoms with Gasteiger partial charge in [0.2, 0.25) is 17.8 Å². The Labute approximate surface area is 345 Å². The highest BCUT2D eigenvalue weighted by Gasteiger charge is 2.45. The molecule has 5 aromatic rings. The van der Waals surface area contributed by atoms with Crippen LogP contribution in [0.25, 0.3) is 22.3 Å². The molecule has 3 saturated heterocycles. The maximum absolute atomic E-state index is 15.2. The zero-order valence-electron chi connectivity index (χ0n) is 33.8. The monoisotopic (exact) mass is 816 g/mol. The first-order chi connectivity index (χ1) is 28.9. The molecule has 3 aromatic heterocycles. The number of nitrogens with zero attached hydrogens (tertiary/aromatic N) is 8. The van der Waals surface area contributed by atoms with Crippen LogP contribution >= 0.6 is 0 Å². The van der Waals surface area contributed by atoms with Gasteiger partial charge in [0.25, 0.3) is 11.8 Å². The number of amides is 4. The Morgan fingerprint density at radius 1 is 0.833 bits per heavy atom. The number of rotatable bonds is 9. The molecule has 2 N–H and O–H groups in total. The van der Waals surface area contributed by atoms with E-state index in [1.165, 1.54) is 6.07 Å². The lowest BCUT2D eigenvalue weighted by molar-refractivity contribution is -0.136. The van der Waals surface area contributed by atoms with E-state index in [1.807, 2.05) is 49.7 Å². The standard InChI is InChI=1S/C44H46F2N10O4/c1-24(2)55-25(3)49-40-33(45)19-28(20-36(40)55)39-34(46)23-48-44(52-39)50-37-8-4-27(22-47-37)18-26-10-14-53(15-11-26)29-12-16-54(17-13-29)30-5-6-31-32(21-30)43(60)56(42(31)59)35-7-9-38(57)51-41(35)58/h4-6,8,19-24,26,29,35H,7,9-18H2,1-3H3,(H,51,57,58)(H,47,48,50,52). The van der Waals surface area contributed by atoms with E-state index >= 15 is 8.78 Å². The molecular formula is C44H46F2N10O4. The lowest BCUT2D eigenvalue weighted by Crippen LogP contribution is -2.54. The Bertz CT molecular complexity index is 2530. The van der Waals surface area contributed by atoms with Crippen LogP contribution in [0.2, 0.25) is 0 Å². The molecule has 0 spiro atoms. The number of carbonyl (C=O) groups is 4. The van der Waals surface area contributed by atoms with Crippen molar-refractivity contribution in [2.24, 2.45) is 5.92 Å². The van der Waals surface area contributed by atoms with Crippen LogP contribution in [-0.4, -0.2) is 96.2 Å². The minimum atomic E-state index is -0.979. The fraction of sp³-hybridized carbons (Fsp3) is 0.409. The second-order valence-corrected chi connectivity index (χ2v) is 16.6. The number of benzene rings is 2. The summed E-state index contributed by atoms with van der Waals surface area (Å²) in [5, 5.41) is 5.31. The van der Waals surface area contributed by atoms with E-state index in [2.05, 4.69) is 40.4 Å². The normalized spacial score (nSPS) is 19.5. The van der Waals surface area contributed by atoms with Crippen molar-refractivity contribution in [2.45, 2.75) is 83.8 Å². The minimum Gasteiger partial charge on any atom is -0.371 e. The van der Waals surface area contributed by atoms with Crippen molar-refractivity contribution in [3.63, 3.8) is 0 Å². The molecule has 0 radical (unpaired) electrons. The van der Waals surface area contributed by atoms with Crippen LogP contribution < -0.4 is 15.5 Å². The molecule has 1 atom stereocenters. The number of likely N-dealkylation sites (tertiary alicyclic amines) is 1. The molecule has 9 rings (SSSR count). The second-order valence-electron chi connectivity index (χ2n) is 16.6. The van der Waals surface area contributed by atoms with Gasteiger partial charge >= 0.3 is 0 Å². The number of halogens is 2. The molecule has 4 aliphatic rings. The summed E-state index contributed by atoms with van der Waals surface area (Å²) < 4.78 is 32.1. The number of pyridine rings is 1. The van der Waals surface area contributed by atoms with Gasteiger partial charge < -0.3 is 19.7 Å². The van der Waals surface area contributed by atoms with Crippen molar-refractivity contribution in [3.05, 3.63) is 89.0 Å². The maximum atomic E-state index is 15.2. The van der Waals surface area contributed by atoms with E-state index < -0.39 is 41.3 Å². The van der Waals surface area contributed by atoms with Crippen LogP contribution in [0.3, 0.4) is 0 Å². The van der Waals surface area contributed by atoms with Crippen LogP contribution in [0.1, 0.15) is 90.5 Å². The number of imidazole rings is 1. The van der Waals surface area contributed by atoms with Crippen LogP contribution in [0.15, 0.2) is 54.9 Å². The first kappa shape index (κ1) is 39.3. The average molecular weight is 817 g/mol. The number of hydrogen-bond donors (Lipinski definition) is 2. The van der Waals surface area contributed by atoms with Crippen molar-refractivity contribution in [2.75, 3.05) is 36.4 Å². The molecular weight excluding hydrogens is 771 g/mol. The highest BCUT2D eigenvalue weighted by atomic mass is 19.1. The molecule has 0 bridgehead atoms. The van der Waals surface area contributed by atoms with Crippen molar-refractivity contribution in [1.29, 1.82) is 0 Å². The van der Waals surface area contributed by atoms with Gasteiger partial charge in [0.1, 0.15) is 28.9 Å². The number of hydrogen-bond acceptors (Lipinski definition) is 11. The molecule has 310 valence electrons. The van der Waals surface area contributed by atoms with E-state index in [0.29, 0.717) is 45.8 Å². The van der Waals surface area contributed by atoms with Crippen LogP contribution in [0, 0.1) is 24.5 Å². The summed E-state index contributed by atoms with van der Waals surface area (Å²) in [7, 11) is 0. The lowest BCUT2D eigenvalue weighted by Gasteiger charge is -2.42. The fourth-order valence-corrected chi connectivity index (χ4v) is 9.42. The smallest absolute Gasteiger partial charge is 0.262 e. The predicted octanol–water partition coefficient (Wildman–Crippen LogP) is 6.12. The van der Waals surface area contributed by atoms with Crippen molar-refractivity contribution in [1.82, 2.24) is 39.6 Å². The number of aryl methyl sites for hydroxylation is 1. The maximum Gasteiger partial charge on any atom is 0.262 e. The number of fused-ring (bicyclic) bond motifs is 2. The Kier molecular flexibility index (Phi) is 10.3. The first-order valence-corrected chi connectivity index (χ1v) is 20.7. The van der Waals surface area contributed by atoms with Gasteiger partial charge in [-0.25, -0.2) is 28.7 Å². The molecule has 0 saturated carbocycles. The molecule has 4 aliphatic heterocycles. The van der Waals surface area contributed by atoms with Gasteiger partial charge in [-0.05, 0) is 120 Å². The molecule has 0 aliphatic carbocycles. The van der Waals surface area contributed by atoms with E-state index in [9.17, 15) is 19.2 Å². The van der Waals surface area contributed by atoms with Gasteiger partial charge in [-0.15, -0.1) is 0 Å². The molecule has 3 fully saturated rings. The SMILES string of the molecule is Cc1nc2c(F)cc(-c3nc(Nc4ccc(CC5CCN(C6CCN(c7ccc8c(c7)C(=O)N(C7CCC(=O)NC7=O)C8=O)CC6)CC5)cn4)ncc3F)cc2n1C(C)C. The van der Waals surface area contributed by atoms with E-state index in [1.54, 1.807) is 18.2 Å². The number of carbonyl (C=O) groups excluding carboxylic acids is 4. The van der Waals surface area contributed by atoms with Gasteiger partial charge in [0.05, 0.1) is 22.8 Å². The first-order valence-electron chi connectivity index (χ1n) is 20.7. The number of aromatic nitrogens is 5. The summed E-state index contributed by atoms with van der Waals surface area (Å²) in [5.41, 5.74) is 3.70. The Hall–Kier alpha value is -6.16. The van der Waals surface area contributed by atoms with Gasteiger partial charge in [-0.3, -0.25) is 29.4 Å². The highest BCUT2D eigenvalue weighted by molar-refractivity contribution is 6.23. The van der Waals surface area contributed by atoms with Crippen LogP contribution in [-0.2, 0) is 16.0 Å². The average Bonchev–Trinajstić information content (AvgIpc) is 3.71. The number of nitrogens with one attached hydrogen (secondary N) is 2. The third kappa shape index (κ3) is 7.37. The summed E-state index contributed by atoms with van der Waals surface area (Å²) in [6.07, 6.45) is 8.20. The zero-order chi connectivity index (χ0) is 41.8. The summed E-state index contributed by atoms with van der Waals surface area (Å²) in [6.45, 7) is 9.50. The van der Waals surface area contributed by atoms with Gasteiger partial charge in [0.15, 0.2) is 11.6 Å². The van der Waals surface area contributed by atoms with Crippen LogP contribution in [0.5, 0.6) is 0 Å². The number of imide groups is 2. The summed E-state index contributed by atoms with van der Waals surface area (Å²) in [4.78, 5) is 73.9. The van der Waals surface area contributed by atoms with Crippen molar-refractivity contribution >= 4 is 52.1 Å². The number of piperidine rings is 3. The fourth-order valence-electron chi connectivity index (χ4n) is 9.42. The Morgan fingerprint density at radius 3 is 2.32 bits per heavy atom. The molecule has 14 nitrogen and oxygen atoms in total. The molecule has 60 heavy (non-hydrogen) atoms. The molecule has 4 amide bonds. The van der Waals surface area contributed by atoms with Gasteiger partial charge in [-0.1, -0.05) is 6.07 Å². The quantitative estimate of drug-likeness (QED) is 0.165. The van der Waals surface area contributed by atoms with Crippen molar-refractivity contribution < 1.29 is 28.0 Å². The van der Waals surface area contributed by atoms with E-state index in [0.717, 1.165) is 80.6 Å². The minimum absolute atomic E-state index is 0.0203. The predicted molar refractivity (Wildman–Crippen MR) is 220 cm³/mol. The molecule has 2 aromatic carbocycles. The van der Waals surface area contributed by atoms with Crippen LogP contribution in [0.4, 0.5) is 26.2 Å². The van der Waals surface area contributed by atoms with Gasteiger partial charge in [0, 0.05) is 49.0 Å². The number of anilines is 3. The highest BCUT2D eigenvalue weighted by Crippen LogP contribution is 2.34. The lowest BCUT2D eigenvalue weighted by atomic mass is 9.89. The topological polar surface area (TPSA) is 159 Å². The molecule has 7 heterocycles. The van der Waals surface area contributed by atoms with E-state index in [4.69, 9.17) is 0 Å². The third-order valence-electron chi connectivity index (χ3n) is 12.5. The second kappa shape index (κ2) is 15.8. The summed E-state index contributed by atoms with van der Waals surface area (Å²) in [5.74, 6) is -1.33. The summed E-state index contributed by atoms with van der Waals surface area (Å²) in [6, 6.07) is 11.7. The zero-order valence-corrected chi connectivity index (χ0v) is 33.8. The van der Waals surface area contributed by atoms with Crippen molar-refractivity contribution in [3.8, 4) is 11.3 Å². The Balaban J connectivity index is 0.764. The Morgan fingerprint density at radius 2 is 1.60 bits per heavy atom. The molecule has 16 heteroatoms. The third-order valence-corrected chi connectivity index (χ3v) is 12.5. The molecule has 1 unspecified atom stereocenters.